The number of carbonyl (C=O) groups excluding carboxylic acids is 1. The van der Waals surface area contributed by atoms with Gasteiger partial charge in [0.2, 0.25) is 5.91 Å². The van der Waals surface area contributed by atoms with Crippen molar-refractivity contribution in [2.24, 2.45) is 11.8 Å². The van der Waals surface area contributed by atoms with E-state index in [4.69, 9.17) is 14.9 Å². The van der Waals surface area contributed by atoms with Crippen molar-refractivity contribution in [1.29, 1.82) is 0 Å². The number of likely N-dealkylation sites (tertiary alicyclic amines) is 1. The minimum absolute atomic E-state index is 0.0768. The van der Waals surface area contributed by atoms with Crippen LogP contribution in [0.25, 0.3) is 0 Å². The summed E-state index contributed by atoms with van der Waals surface area (Å²) >= 11 is 0. The molecule has 2 N–H and O–H groups in total. The number of hydrogen-bond acceptors (Lipinski definition) is 4. The quantitative estimate of drug-likeness (QED) is 0.733. The number of piperidine rings is 1. The zero-order valence-electron chi connectivity index (χ0n) is 11.0. The van der Waals surface area contributed by atoms with Crippen molar-refractivity contribution in [3.05, 3.63) is 0 Å². The van der Waals surface area contributed by atoms with E-state index in [-0.39, 0.29) is 38.1 Å². The summed E-state index contributed by atoms with van der Waals surface area (Å²) in [7, 11) is 0. The molecule has 0 bridgehead atoms. The van der Waals surface area contributed by atoms with Crippen molar-refractivity contribution in [2.45, 2.75) is 26.4 Å². The molecule has 0 aromatic rings. The van der Waals surface area contributed by atoms with Gasteiger partial charge in [-0.15, -0.1) is 0 Å². The van der Waals surface area contributed by atoms with E-state index in [9.17, 15) is 14.4 Å². The summed E-state index contributed by atoms with van der Waals surface area (Å²) in [4.78, 5) is 35.2. The molecule has 0 radical (unpaired) electrons. The average Bonchev–Trinajstić information content (AvgIpc) is 2.34. The minimum Gasteiger partial charge on any atom is -0.481 e. The van der Waals surface area contributed by atoms with Crippen molar-refractivity contribution in [1.82, 2.24) is 4.90 Å². The fourth-order valence-corrected chi connectivity index (χ4v) is 2.05. The van der Waals surface area contributed by atoms with Gasteiger partial charge in [0.25, 0.3) is 0 Å². The highest BCUT2D eigenvalue weighted by Crippen LogP contribution is 2.24. The molecule has 2 unspecified atom stereocenters. The molecule has 1 aliphatic rings. The molecule has 0 spiro atoms. The largest absolute Gasteiger partial charge is 0.481 e. The van der Waals surface area contributed by atoms with Gasteiger partial charge >= 0.3 is 11.9 Å². The molecule has 1 rings (SSSR count). The SMILES string of the molecule is CC(C)OCC(=O)N1CCC(C(=O)O)C(C(=O)O)C1. The lowest BCUT2D eigenvalue weighted by Gasteiger charge is -2.34. The summed E-state index contributed by atoms with van der Waals surface area (Å²) in [5.41, 5.74) is 0. The Morgan fingerprint density at radius 3 is 2.26 bits per heavy atom. The topological polar surface area (TPSA) is 104 Å². The van der Waals surface area contributed by atoms with Gasteiger partial charge in [-0.25, -0.2) is 0 Å². The lowest BCUT2D eigenvalue weighted by molar-refractivity contribution is -0.160. The van der Waals surface area contributed by atoms with Crippen molar-refractivity contribution in [3.8, 4) is 0 Å². The Morgan fingerprint density at radius 1 is 1.21 bits per heavy atom. The van der Waals surface area contributed by atoms with Crippen LogP contribution in [0.5, 0.6) is 0 Å². The summed E-state index contributed by atoms with van der Waals surface area (Å²) in [6.45, 7) is 3.66. The van der Waals surface area contributed by atoms with E-state index in [1.165, 1.54) is 4.90 Å². The van der Waals surface area contributed by atoms with Crippen LogP contribution in [0.4, 0.5) is 0 Å². The van der Waals surface area contributed by atoms with Gasteiger partial charge in [-0.2, -0.15) is 0 Å². The van der Waals surface area contributed by atoms with Gasteiger partial charge in [0.1, 0.15) is 6.61 Å². The number of hydrogen-bond donors (Lipinski definition) is 2. The van der Waals surface area contributed by atoms with E-state index >= 15 is 0 Å². The fraction of sp³-hybridized carbons (Fsp3) is 0.750. The number of carbonyl (C=O) groups is 3. The molecular weight excluding hydrogens is 254 g/mol. The molecule has 19 heavy (non-hydrogen) atoms. The van der Waals surface area contributed by atoms with Crippen LogP contribution < -0.4 is 0 Å². The lowest BCUT2D eigenvalue weighted by atomic mass is 9.85. The smallest absolute Gasteiger partial charge is 0.309 e. The standard InChI is InChI=1S/C12H19NO6/c1-7(2)19-6-10(14)13-4-3-8(11(15)16)9(5-13)12(17)18/h7-9H,3-6H2,1-2H3,(H,15,16)(H,17,18). The van der Waals surface area contributed by atoms with E-state index in [2.05, 4.69) is 0 Å². The third kappa shape index (κ3) is 4.20. The molecule has 1 saturated heterocycles. The number of ether oxygens (including phenoxy) is 1. The number of carboxylic acid groups (broad SMARTS) is 2. The van der Waals surface area contributed by atoms with Crippen molar-refractivity contribution >= 4 is 17.8 Å². The van der Waals surface area contributed by atoms with Crippen molar-refractivity contribution < 1.29 is 29.3 Å². The molecule has 0 aliphatic carbocycles. The normalized spacial score (nSPS) is 23.4. The Morgan fingerprint density at radius 2 is 1.79 bits per heavy atom. The summed E-state index contributed by atoms with van der Waals surface area (Å²) in [5.74, 6) is -4.61. The number of rotatable bonds is 5. The maximum atomic E-state index is 11.8. The molecule has 1 amide bonds. The van der Waals surface area contributed by atoms with Gasteiger partial charge in [0, 0.05) is 13.1 Å². The third-order valence-corrected chi connectivity index (χ3v) is 3.14. The summed E-state index contributed by atoms with van der Waals surface area (Å²) in [5, 5.41) is 18.0. The Kier molecular flexibility index (Phi) is 5.29. The van der Waals surface area contributed by atoms with E-state index in [0.717, 1.165) is 0 Å². The Labute approximate surface area is 111 Å². The van der Waals surface area contributed by atoms with Crippen molar-refractivity contribution in [3.63, 3.8) is 0 Å². The zero-order chi connectivity index (χ0) is 14.6. The van der Waals surface area contributed by atoms with Crippen LogP contribution >= 0.6 is 0 Å². The summed E-state index contributed by atoms with van der Waals surface area (Å²) in [6.07, 6.45) is 0.0653. The molecule has 7 heteroatoms. The molecule has 0 saturated carbocycles. The molecule has 7 nitrogen and oxygen atoms in total. The summed E-state index contributed by atoms with van der Waals surface area (Å²) < 4.78 is 5.17. The summed E-state index contributed by atoms with van der Waals surface area (Å²) in [6, 6.07) is 0. The van der Waals surface area contributed by atoms with Gasteiger partial charge in [-0.05, 0) is 20.3 Å². The molecule has 2 atom stereocenters. The molecule has 0 aromatic carbocycles. The zero-order valence-corrected chi connectivity index (χ0v) is 11.0. The van der Waals surface area contributed by atoms with Crippen LogP contribution in [-0.2, 0) is 19.1 Å². The van der Waals surface area contributed by atoms with Crippen LogP contribution in [0.3, 0.4) is 0 Å². The fourth-order valence-electron chi connectivity index (χ4n) is 2.05. The van der Waals surface area contributed by atoms with Gasteiger partial charge in [-0.3, -0.25) is 14.4 Å². The first-order chi connectivity index (χ1) is 8.82. The van der Waals surface area contributed by atoms with E-state index in [1.54, 1.807) is 13.8 Å². The molecule has 1 fully saturated rings. The highest BCUT2D eigenvalue weighted by Gasteiger charge is 2.39. The molecule has 0 aromatic heterocycles. The maximum absolute atomic E-state index is 11.8. The third-order valence-electron chi connectivity index (χ3n) is 3.14. The first kappa shape index (κ1) is 15.4. The second-order valence-electron chi connectivity index (χ2n) is 4.88. The van der Waals surface area contributed by atoms with E-state index in [1.807, 2.05) is 0 Å². The Hall–Kier alpha value is -1.63. The maximum Gasteiger partial charge on any atom is 0.309 e. The lowest BCUT2D eigenvalue weighted by Crippen LogP contribution is -2.49. The van der Waals surface area contributed by atoms with Gasteiger partial charge in [-0.1, -0.05) is 0 Å². The second-order valence-corrected chi connectivity index (χ2v) is 4.88. The number of amides is 1. The van der Waals surface area contributed by atoms with E-state index < -0.39 is 23.8 Å². The van der Waals surface area contributed by atoms with E-state index in [0.29, 0.717) is 0 Å². The number of nitrogens with zero attached hydrogens (tertiary/aromatic N) is 1. The first-order valence-electron chi connectivity index (χ1n) is 6.18. The molecule has 1 heterocycles. The highest BCUT2D eigenvalue weighted by atomic mass is 16.5. The van der Waals surface area contributed by atoms with Crippen LogP contribution in [0.2, 0.25) is 0 Å². The Balaban J connectivity index is 2.63. The minimum atomic E-state index is -1.19. The van der Waals surface area contributed by atoms with Crippen LogP contribution in [0, 0.1) is 11.8 Å². The predicted molar refractivity (Wildman–Crippen MR) is 64.5 cm³/mol. The molecule has 108 valence electrons. The van der Waals surface area contributed by atoms with Gasteiger partial charge < -0.3 is 19.8 Å². The predicted octanol–water partition coefficient (Wildman–Crippen LogP) is 0.0453. The van der Waals surface area contributed by atoms with Crippen LogP contribution in [0.15, 0.2) is 0 Å². The second kappa shape index (κ2) is 6.51. The van der Waals surface area contributed by atoms with Gasteiger partial charge in [0.05, 0.1) is 17.9 Å². The van der Waals surface area contributed by atoms with Crippen LogP contribution in [-0.4, -0.2) is 58.8 Å². The number of aliphatic carboxylic acids is 2. The monoisotopic (exact) mass is 273 g/mol. The van der Waals surface area contributed by atoms with Crippen LogP contribution in [0.1, 0.15) is 20.3 Å². The molecule has 1 aliphatic heterocycles. The number of carboxylic acids is 2. The average molecular weight is 273 g/mol. The van der Waals surface area contributed by atoms with Crippen molar-refractivity contribution in [2.75, 3.05) is 19.7 Å². The molecular formula is C12H19NO6. The van der Waals surface area contributed by atoms with Gasteiger partial charge in [0.15, 0.2) is 0 Å². The Bertz CT molecular complexity index is 367. The first-order valence-corrected chi connectivity index (χ1v) is 6.18. The highest BCUT2D eigenvalue weighted by molar-refractivity contribution is 5.83.